The van der Waals surface area contributed by atoms with Gasteiger partial charge in [0, 0.05) is 24.5 Å². The number of hydrogen-bond donors (Lipinski definition) is 1. The van der Waals surface area contributed by atoms with Gasteiger partial charge < -0.3 is 5.32 Å². The summed E-state index contributed by atoms with van der Waals surface area (Å²) >= 11 is 0. The third kappa shape index (κ3) is 2.03. The first-order valence-corrected chi connectivity index (χ1v) is 5.13. The van der Waals surface area contributed by atoms with E-state index in [1.165, 1.54) is 12.3 Å². The maximum Gasteiger partial charge on any atom is 0.217 e. The third-order valence-electron chi connectivity index (χ3n) is 2.45. The number of nitriles is 1. The Labute approximate surface area is 98.3 Å². The van der Waals surface area contributed by atoms with Gasteiger partial charge in [-0.25, -0.2) is 9.37 Å². The average molecular weight is 230 g/mol. The summed E-state index contributed by atoms with van der Waals surface area (Å²) in [6, 6.07) is 6.75. The van der Waals surface area contributed by atoms with Crippen molar-refractivity contribution in [2.75, 3.05) is 7.05 Å². The minimum absolute atomic E-state index is 0.243. The Bertz CT molecular complexity index is 568. The predicted molar refractivity (Wildman–Crippen MR) is 61.0 cm³/mol. The number of halogens is 1. The average Bonchev–Trinajstić information content (AvgIpc) is 2.80. The van der Waals surface area contributed by atoms with Crippen molar-refractivity contribution in [2.45, 2.75) is 6.54 Å². The Morgan fingerprint density at radius 1 is 1.53 bits per heavy atom. The van der Waals surface area contributed by atoms with Crippen LogP contribution < -0.4 is 5.32 Å². The van der Waals surface area contributed by atoms with Crippen molar-refractivity contribution in [3.8, 4) is 11.8 Å². The zero-order chi connectivity index (χ0) is 12.3. The quantitative estimate of drug-likeness (QED) is 0.871. The lowest BCUT2D eigenvalue weighted by Crippen LogP contribution is -2.11. The highest BCUT2D eigenvalue weighted by Gasteiger charge is 2.11. The summed E-state index contributed by atoms with van der Waals surface area (Å²) in [5.74, 6) is -0.0533. The first-order valence-electron chi connectivity index (χ1n) is 5.13. The van der Waals surface area contributed by atoms with Crippen molar-refractivity contribution >= 4 is 0 Å². The fraction of sp³-hybridized carbons (Fsp3) is 0.167. The summed E-state index contributed by atoms with van der Waals surface area (Å²) < 4.78 is 15.3. The molecule has 1 aromatic carbocycles. The molecule has 0 saturated heterocycles. The summed E-state index contributed by atoms with van der Waals surface area (Å²) in [5.41, 5.74) is 1.15. The molecule has 0 unspecified atom stereocenters. The van der Waals surface area contributed by atoms with Crippen LogP contribution in [0.3, 0.4) is 0 Å². The van der Waals surface area contributed by atoms with Crippen LogP contribution in [0.5, 0.6) is 0 Å². The van der Waals surface area contributed by atoms with Crippen molar-refractivity contribution in [3.63, 3.8) is 0 Å². The number of benzene rings is 1. The molecule has 2 aromatic rings. The zero-order valence-corrected chi connectivity index (χ0v) is 9.31. The molecule has 0 amide bonds. The van der Waals surface area contributed by atoms with E-state index in [1.54, 1.807) is 29.9 Å². The maximum absolute atomic E-state index is 13.7. The molecule has 0 saturated carbocycles. The first-order chi connectivity index (χ1) is 8.27. The Morgan fingerprint density at radius 2 is 2.35 bits per heavy atom. The van der Waals surface area contributed by atoms with Crippen molar-refractivity contribution in [1.82, 2.24) is 14.9 Å². The Morgan fingerprint density at radius 3 is 3.06 bits per heavy atom. The van der Waals surface area contributed by atoms with Crippen LogP contribution in [-0.4, -0.2) is 16.6 Å². The van der Waals surface area contributed by atoms with Gasteiger partial charge in [-0.1, -0.05) is 6.07 Å². The summed E-state index contributed by atoms with van der Waals surface area (Å²) in [6.07, 6.45) is 3.17. The van der Waals surface area contributed by atoms with Crippen LogP contribution in [0.4, 0.5) is 4.39 Å². The first kappa shape index (κ1) is 11.3. The Hall–Kier alpha value is -2.19. The van der Waals surface area contributed by atoms with Gasteiger partial charge in [-0.15, -0.1) is 0 Å². The number of imidazole rings is 1. The van der Waals surface area contributed by atoms with Crippen LogP contribution in [-0.2, 0) is 6.54 Å². The molecule has 0 aliphatic rings. The van der Waals surface area contributed by atoms with Gasteiger partial charge in [0.2, 0.25) is 5.82 Å². The molecule has 86 valence electrons. The molecule has 1 heterocycles. The van der Waals surface area contributed by atoms with E-state index in [2.05, 4.69) is 10.3 Å². The molecule has 1 aromatic heterocycles. The van der Waals surface area contributed by atoms with Crippen LogP contribution in [0.2, 0.25) is 0 Å². The molecule has 1 N–H and O–H groups in total. The molecular weight excluding hydrogens is 219 g/mol. The van der Waals surface area contributed by atoms with Crippen molar-refractivity contribution < 1.29 is 4.39 Å². The summed E-state index contributed by atoms with van der Waals surface area (Å²) in [7, 11) is 1.75. The molecule has 0 radical (unpaired) electrons. The van der Waals surface area contributed by atoms with Gasteiger partial charge in [-0.3, -0.25) is 4.57 Å². The van der Waals surface area contributed by atoms with Crippen LogP contribution in [0.15, 0.2) is 30.6 Å². The topological polar surface area (TPSA) is 53.6 Å². The maximum atomic E-state index is 13.7. The van der Waals surface area contributed by atoms with Crippen LogP contribution in [0, 0.1) is 17.1 Å². The van der Waals surface area contributed by atoms with Crippen molar-refractivity contribution in [2.24, 2.45) is 0 Å². The van der Waals surface area contributed by atoms with Gasteiger partial charge >= 0.3 is 0 Å². The lowest BCUT2D eigenvalue weighted by molar-refractivity contribution is 0.598. The van der Waals surface area contributed by atoms with E-state index in [9.17, 15) is 4.39 Å². The largest absolute Gasteiger partial charge is 0.316 e. The second kappa shape index (κ2) is 4.76. The number of hydrogen-bond acceptors (Lipinski definition) is 3. The lowest BCUT2D eigenvalue weighted by Gasteiger charge is -2.11. The molecule has 0 atom stereocenters. The molecule has 17 heavy (non-hydrogen) atoms. The fourth-order valence-corrected chi connectivity index (χ4v) is 1.71. The summed E-state index contributed by atoms with van der Waals surface area (Å²) in [6.45, 7) is 0.394. The summed E-state index contributed by atoms with van der Waals surface area (Å²) in [5, 5.41) is 11.8. The van der Waals surface area contributed by atoms with E-state index in [0.29, 0.717) is 17.8 Å². The standard InChI is InChI=1S/C12H11FN4/c1-15-8-9-10(13)3-2-4-11(9)17-6-5-16-12(17)7-14/h2-6,15H,8H2,1H3. The molecule has 2 rings (SSSR count). The highest BCUT2D eigenvalue weighted by Crippen LogP contribution is 2.19. The van der Waals surface area contributed by atoms with Gasteiger partial charge in [0.05, 0.1) is 5.69 Å². The van der Waals surface area contributed by atoms with Crippen molar-refractivity contribution in [1.29, 1.82) is 5.26 Å². The SMILES string of the molecule is CNCc1c(F)cccc1-n1ccnc1C#N. The number of aromatic nitrogens is 2. The smallest absolute Gasteiger partial charge is 0.217 e. The minimum Gasteiger partial charge on any atom is -0.316 e. The van der Waals surface area contributed by atoms with E-state index in [0.717, 1.165) is 0 Å². The van der Waals surface area contributed by atoms with Gasteiger partial charge in [0.15, 0.2) is 0 Å². The predicted octanol–water partition coefficient (Wildman–Crippen LogP) is 1.60. The molecule has 0 aliphatic heterocycles. The molecule has 0 fully saturated rings. The molecule has 0 spiro atoms. The van der Waals surface area contributed by atoms with Gasteiger partial charge in [0.1, 0.15) is 11.9 Å². The molecule has 0 aliphatic carbocycles. The van der Waals surface area contributed by atoms with E-state index in [1.807, 2.05) is 6.07 Å². The molecule has 0 bridgehead atoms. The van der Waals surface area contributed by atoms with Crippen LogP contribution >= 0.6 is 0 Å². The van der Waals surface area contributed by atoms with Gasteiger partial charge in [-0.05, 0) is 19.2 Å². The van der Waals surface area contributed by atoms with Crippen LogP contribution in [0.25, 0.3) is 5.69 Å². The van der Waals surface area contributed by atoms with Gasteiger partial charge in [0.25, 0.3) is 0 Å². The number of nitrogens with one attached hydrogen (secondary N) is 1. The fourth-order valence-electron chi connectivity index (χ4n) is 1.71. The third-order valence-corrected chi connectivity index (χ3v) is 2.45. The Kier molecular flexibility index (Phi) is 3.17. The second-order valence-corrected chi connectivity index (χ2v) is 3.50. The van der Waals surface area contributed by atoms with E-state index < -0.39 is 0 Å². The van der Waals surface area contributed by atoms with Crippen molar-refractivity contribution in [3.05, 3.63) is 47.8 Å². The number of nitrogens with zero attached hydrogens (tertiary/aromatic N) is 3. The Balaban J connectivity index is 2.60. The second-order valence-electron chi connectivity index (χ2n) is 3.50. The summed E-state index contributed by atoms with van der Waals surface area (Å²) in [4.78, 5) is 3.90. The monoisotopic (exact) mass is 230 g/mol. The molecular formula is C12H11FN4. The normalized spacial score (nSPS) is 10.2. The van der Waals surface area contributed by atoms with E-state index >= 15 is 0 Å². The van der Waals surface area contributed by atoms with E-state index in [-0.39, 0.29) is 11.6 Å². The highest BCUT2D eigenvalue weighted by atomic mass is 19.1. The van der Waals surface area contributed by atoms with Gasteiger partial charge in [-0.2, -0.15) is 5.26 Å². The lowest BCUT2D eigenvalue weighted by atomic mass is 10.1. The van der Waals surface area contributed by atoms with Crippen LogP contribution in [0.1, 0.15) is 11.4 Å². The highest BCUT2D eigenvalue weighted by molar-refractivity contribution is 5.44. The molecule has 5 heteroatoms. The molecule has 4 nitrogen and oxygen atoms in total. The zero-order valence-electron chi connectivity index (χ0n) is 9.31. The number of rotatable bonds is 3. The van der Waals surface area contributed by atoms with E-state index in [4.69, 9.17) is 5.26 Å². The minimum atomic E-state index is -0.297.